The number of aromatic hydroxyl groups is 1. The summed E-state index contributed by atoms with van der Waals surface area (Å²) in [5.41, 5.74) is 3.54. The van der Waals surface area contributed by atoms with Crippen LogP contribution in [0.4, 0.5) is 0 Å². The lowest BCUT2D eigenvalue weighted by molar-refractivity contribution is -0.154. The van der Waals surface area contributed by atoms with Gasteiger partial charge in [-0.15, -0.1) is 0 Å². The molecule has 1 aliphatic rings. The summed E-state index contributed by atoms with van der Waals surface area (Å²) in [6.45, 7) is 1.58. The lowest BCUT2D eigenvalue weighted by atomic mass is 9.87. The molecule has 29 heavy (non-hydrogen) atoms. The number of hydrogen-bond acceptors (Lipinski definition) is 5. The van der Waals surface area contributed by atoms with Gasteiger partial charge in [-0.1, -0.05) is 24.3 Å². The molecule has 150 valence electrons. The van der Waals surface area contributed by atoms with Gasteiger partial charge < -0.3 is 19.6 Å². The molecule has 0 unspecified atom stereocenters. The van der Waals surface area contributed by atoms with Gasteiger partial charge in [0, 0.05) is 17.0 Å². The van der Waals surface area contributed by atoms with Gasteiger partial charge in [0.15, 0.2) is 6.10 Å². The number of benzene rings is 2. The van der Waals surface area contributed by atoms with E-state index in [2.05, 4.69) is 11.4 Å². The van der Waals surface area contributed by atoms with Crippen LogP contribution in [0, 0.1) is 0 Å². The summed E-state index contributed by atoms with van der Waals surface area (Å²) in [5.74, 6) is -0.718. The SMILES string of the molecule is C[C@@H](OC(=O)Cc1coc2cc(O)ccc12)C(=O)N[C@H]1CCCc2ccccc21. The van der Waals surface area contributed by atoms with Crippen molar-refractivity contribution in [1.29, 1.82) is 0 Å². The van der Waals surface area contributed by atoms with E-state index in [1.165, 1.54) is 24.0 Å². The van der Waals surface area contributed by atoms with E-state index in [-0.39, 0.29) is 24.1 Å². The zero-order valence-corrected chi connectivity index (χ0v) is 16.2. The van der Waals surface area contributed by atoms with E-state index in [0.717, 1.165) is 30.2 Å². The Morgan fingerprint density at radius 2 is 2.10 bits per heavy atom. The number of phenols is 1. The van der Waals surface area contributed by atoms with Gasteiger partial charge in [-0.2, -0.15) is 0 Å². The maximum absolute atomic E-state index is 12.6. The van der Waals surface area contributed by atoms with Gasteiger partial charge in [-0.3, -0.25) is 9.59 Å². The van der Waals surface area contributed by atoms with E-state index in [9.17, 15) is 14.7 Å². The topological polar surface area (TPSA) is 88.8 Å². The van der Waals surface area contributed by atoms with Gasteiger partial charge >= 0.3 is 5.97 Å². The molecular weight excluding hydrogens is 370 g/mol. The third-order valence-electron chi connectivity index (χ3n) is 5.34. The Labute approximate surface area is 168 Å². The molecule has 0 bridgehead atoms. The second kappa shape index (κ2) is 7.99. The monoisotopic (exact) mass is 393 g/mol. The van der Waals surface area contributed by atoms with Crippen LogP contribution in [-0.4, -0.2) is 23.1 Å². The maximum Gasteiger partial charge on any atom is 0.311 e. The number of nitrogens with one attached hydrogen (secondary N) is 1. The zero-order chi connectivity index (χ0) is 20.4. The molecular formula is C23H23NO5. The van der Waals surface area contributed by atoms with Crippen LogP contribution in [0.15, 0.2) is 53.1 Å². The first-order valence-corrected chi connectivity index (χ1v) is 9.78. The lowest BCUT2D eigenvalue weighted by Gasteiger charge is -2.27. The van der Waals surface area contributed by atoms with Gasteiger partial charge in [0.2, 0.25) is 0 Å². The van der Waals surface area contributed by atoms with Crippen molar-refractivity contribution in [2.75, 3.05) is 0 Å². The van der Waals surface area contributed by atoms with Crippen molar-refractivity contribution in [2.45, 2.75) is 44.8 Å². The minimum absolute atomic E-state index is 0.0122. The lowest BCUT2D eigenvalue weighted by Crippen LogP contribution is -2.39. The number of ether oxygens (including phenoxy) is 1. The number of aryl methyl sites for hydroxylation is 1. The summed E-state index contributed by atoms with van der Waals surface area (Å²) >= 11 is 0. The number of esters is 1. The third kappa shape index (κ3) is 4.11. The molecule has 6 heteroatoms. The number of carbonyl (C=O) groups is 2. The Kier molecular flexibility index (Phi) is 5.25. The summed E-state index contributed by atoms with van der Waals surface area (Å²) in [4.78, 5) is 24.9. The second-order valence-electron chi connectivity index (χ2n) is 7.40. The minimum atomic E-state index is -0.890. The average Bonchev–Trinajstić information content (AvgIpc) is 3.09. The van der Waals surface area contributed by atoms with Gasteiger partial charge in [0.05, 0.1) is 18.7 Å². The minimum Gasteiger partial charge on any atom is -0.508 e. The van der Waals surface area contributed by atoms with Gasteiger partial charge in [-0.05, 0) is 49.4 Å². The van der Waals surface area contributed by atoms with E-state index >= 15 is 0 Å². The van der Waals surface area contributed by atoms with Crippen molar-refractivity contribution in [3.63, 3.8) is 0 Å². The number of amides is 1. The number of fused-ring (bicyclic) bond motifs is 2. The highest BCUT2D eigenvalue weighted by molar-refractivity contribution is 5.88. The fraction of sp³-hybridized carbons (Fsp3) is 0.304. The van der Waals surface area contributed by atoms with Crippen LogP contribution in [0.5, 0.6) is 5.75 Å². The number of carbonyl (C=O) groups excluding carboxylic acids is 2. The largest absolute Gasteiger partial charge is 0.508 e. The van der Waals surface area contributed by atoms with E-state index in [4.69, 9.17) is 9.15 Å². The fourth-order valence-corrected chi connectivity index (χ4v) is 3.85. The van der Waals surface area contributed by atoms with Crippen LogP contribution in [0.2, 0.25) is 0 Å². The molecule has 0 saturated carbocycles. The van der Waals surface area contributed by atoms with Crippen molar-refractivity contribution >= 4 is 22.8 Å². The Bertz CT molecular complexity index is 1050. The first-order chi connectivity index (χ1) is 14.0. The number of furan rings is 1. The van der Waals surface area contributed by atoms with Crippen LogP contribution in [0.3, 0.4) is 0 Å². The van der Waals surface area contributed by atoms with Crippen LogP contribution >= 0.6 is 0 Å². The second-order valence-corrected chi connectivity index (χ2v) is 7.40. The number of rotatable bonds is 5. The van der Waals surface area contributed by atoms with Crippen molar-refractivity contribution < 1.29 is 23.8 Å². The molecule has 1 aliphatic carbocycles. The molecule has 3 aromatic rings. The molecule has 2 N–H and O–H groups in total. The van der Waals surface area contributed by atoms with Crippen molar-refractivity contribution in [3.05, 3.63) is 65.4 Å². The molecule has 4 rings (SSSR count). The molecule has 0 spiro atoms. The molecule has 0 aliphatic heterocycles. The Hall–Kier alpha value is -3.28. The molecule has 1 heterocycles. The normalized spacial score (nSPS) is 16.8. The summed E-state index contributed by atoms with van der Waals surface area (Å²) < 4.78 is 10.7. The number of hydrogen-bond donors (Lipinski definition) is 2. The highest BCUT2D eigenvalue weighted by atomic mass is 16.5. The maximum atomic E-state index is 12.6. The molecule has 2 atom stereocenters. The zero-order valence-electron chi connectivity index (χ0n) is 16.2. The molecule has 0 fully saturated rings. The van der Waals surface area contributed by atoms with Crippen molar-refractivity contribution in [1.82, 2.24) is 5.32 Å². The molecule has 0 saturated heterocycles. The van der Waals surface area contributed by atoms with Gasteiger partial charge in [0.25, 0.3) is 5.91 Å². The Balaban J connectivity index is 1.37. The molecule has 6 nitrogen and oxygen atoms in total. The van der Waals surface area contributed by atoms with Crippen LogP contribution < -0.4 is 5.32 Å². The van der Waals surface area contributed by atoms with Crippen molar-refractivity contribution in [2.24, 2.45) is 0 Å². The predicted molar refractivity (Wildman–Crippen MR) is 107 cm³/mol. The Morgan fingerprint density at radius 3 is 2.97 bits per heavy atom. The van der Waals surface area contributed by atoms with Crippen LogP contribution in [0.1, 0.15) is 42.5 Å². The average molecular weight is 393 g/mol. The quantitative estimate of drug-likeness (QED) is 0.644. The highest BCUT2D eigenvalue weighted by Gasteiger charge is 2.25. The van der Waals surface area contributed by atoms with E-state index < -0.39 is 12.1 Å². The standard InChI is InChI=1S/C23H23NO5/c1-14(23(27)24-20-8-4-6-15-5-2-3-7-18(15)20)29-22(26)11-16-13-28-21-12-17(25)9-10-19(16)21/h2-3,5,7,9-10,12-14,20,25H,4,6,8,11H2,1H3,(H,24,27)/t14-,20+/m1/s1. The van der Waals surface area contributed by atoms with E-state index in [0.29, 0.717) is 11.1 Å². The molecule has 1 amide bonds. The molecule has 1 aromatic heterocycles. The summed E-state index contributed by atoms with van der Waals surface area (Å²) in [7, 11) is 0. The fourth-order valence-electron chi connectivity index (χ4n) is 3.85. The summed E-state index contributed by atoms with van der Waals surface area (Å²) in [6, 6.07) is 12.8. The molecule has 0 radical (unpaired) electrons. The smallest absolute Gasteiger partial charge is 0.311 e. The van der Waals surface area contributed by atoms with Gasteiger partial charge in [0.1, 0.15) is 11.3 Å². The predicted octanol–water partition coefficient (Wildman–Crippen LogP) is 3.81. The summed E-state index contributed by atoms with van der Waals surface area (Å²) in [6.07, 6.45) is 3.47. The first-order valence-electron chi connectivity index (χ1n) is 9.78. The van der Waals surface area contributed by atoms with Crippen LogP contribution in [-0.2, 0) is 27.2 Å². The van der Waals surface area contributed by atoms with E-state index in [1.807, 2.05) is 18.2 Å². The van der Waals surface area contributed by atoms with Gasteiger partial charge in [-0.25, -0.2) is 0 Å². The van der Waals surface area contributed by atoms with E-state index in [1.54, 1.807) is 13.0 Å². The summed E-state index contributed by atoms with van der Waals surface area (Å²) in [5, 5.41) is 13.2. The van der Waals surface area contributed by atoms with Crippen LogP contribution in [0.25, 0.3) is 11.0 Å². The van der Waals surface area contributed by atoms with Crippen molar-refractivity contribution in [3.8, 4) is 5.75 Å². The Morgan fingerprint density at radius 1 is 1.28 bits per heavy atom. The first kappa shape index (κ1) is 19.1. The number of phenolic OH excluding ortho intramolecular Hbond substituents is 1. The third-order valence-corrected chi connectivity index (χ3v) is 5.34. The highest BCUT2D eigenvalue weighted by Crippen LogP contribution is 2.29. The molecule has 2 aromatic carbocycles.